The van der Waals surface area contributed by atoms with E-state index in [1.165, 1.54) is 41.9 Å². The average molecular weight is 440 g/mol. The summed E-state index contributed by atoms with van der Waals surface area (Å²) >= 11 is 0. The number of ketones is 1. The van der Waals surface area contributed by atoms with Gasteiger partial charge in [0.25, 0.3) is 0 Å². The molecule has 0 aliphatic carbocycles. The third-order valence-corrected chi connectivity index (χ3v) is 4.82. The number of aryl methyl sites for hydroxylation is 2. The molecule has 2 heterocycles. The van der Waals surface area contributed by atoms with Gasteiger partial charge >= 0.3 is 11.4 Å². The molecule has 0 fully saturated rings. The quantitative estimate of drug-likeness (QED) is 0.225. The first-order valence-electron chi connectivity index (χ1n) is 9.38. The lowest BCUT2D eigenvalue weighted by atomic mass is 10.1. The van der Waals surface area contributed by atoms with Gasteiger partial charge in [-0.05, 0) is 37.6 Å². The molecule has 0 N–H and O–H groups in total. The van der Waals surface area contributed by atoms with Crippen molar-refractivity contribution in [2.24, 2.45) is 7.05 Å². The zero-order chi connectivity index (χ0) is 23.6. The van der Waals surface area contributed by atoms with Gasteiger partial charge in [0.2, 0.25) is 11.5 Å². The fourth-order valence-electron chi connectivity index (χ4n) is 3.33. The predicted octanol–water partition coefficient (Wildman–Crippen LogP) is 3.00. The van der Waals surface area contributed by atoms with Gasteiger partial charge in [0, 0.05) is 12.6 Å². The van der Waals surface area contributed by atoms with Crippen molar-refractivity contribution in [1.29, 1.82) is 0 Å². The Bertz CT molecular complexity index is 1260. The van der Waals surface area contributed by atoms with Crippen LogP contribution in [0.5, 0.6) is 5.75 Å². The van der Waals surface area contributed by atoms with E-state index in [0.29, 0.717) is 28.3 Å². The second-order valence-corrected chi connectivity index (χ2v) is 7.00. The lowest BCUT2D eigenvalue weighted by Gasteiger charge is -2.10. The number of hydrogen-bond acceptors (Lipinski definition) is 8. The molecule has 1 aromatic carbocycles. The van der Waals surface area contributed by atoms with E-state index in [-0.39, 0.29) is 23.6 Å². The highest BCUT2D eigenvalue weighted by Gasteiger charge is 2.24. The highest BCUT2D eigenvalue weighted by Crippen LogP contribution is 2.26. The number of carbonyl (C=O) groups is 1. The minimum absolute atomic E-state index is 0.0393. The Hall–Kier alpha value is -4.35. The predicted molar refractivity (Wildman–Crippen MR) is 114 cm³/mol. The smallest absolute Gasteiger partial charge is 0.318 e. The molecular weight excluding hydrogens is 420 g/mol. The molecule has 0 radical (unpaired) electrons. The first-order valence-corrected chi connectivity index (χ1v) is 9.38. The Balaban J connectivity index is 1.90. The average Bonchev–Trinajstić information content (AvgIpc) is 3.25. The fraction of sp³-hybridized carbons (Fsp3) is 0.250. The van der Waals surface area contributed by atoms with Crippen molar-refractivity contribution in [3.63, 3.8) is 0 Å². The van der Waals surface area contributed by atoms with Gasteiger partial charge in [0.05, 0.1) is 23.5 Å². The van der Waals surface area contributed by atoms with Crippen molar-refractivity contribution in [2.75, 3.05) is 7.11 Å². The van der Waals surface area contributed by atoms with Crippen molar-refractivity contribution < 1.29 is 19.4 Å². The molecule has 0 saturated heterocycles. The second-order valence-electron chi connectivity index (χ2n) is 7.00. The molecule has 0 atom stereocenters. The van der Waals surface area contributed by atoms with Crippen molar-refractivity contribution in [2.45, 2.75) is 20.4 Å². The van der Waals surface area contributed by atoms with E-state index in [4.69, 9.17) is 4.74 Å². The van der Waals surface area contributed by atoms with Crippen LogP contribution in [0.1, 0.15) is 33.0 Å². The highest BCUT2D eigenvalue weighted by molar-refractivity contribution is 6.08. The maximum Gasteiger partial charge on any atom is 0.318 e. The lowest BCUT2D eigenvalue weighted by molar-refractivity contribution is -0.386. The fourth-order valence-corrected chi connectivity index (χ4v) is 3.33. The number of ether oxygens (including phenoxy) is 1. The van der Waals surface area contributed by atoms with Crippen LogP contribution in [0.15, 0.2) is 30.5 Å². The van der Waals surface area contributed by atoms with Crippen LogP contribution in [0.4, 0.5) is 11.4 Å². The summed E-state index contributed by atoms with van der Waals surface area (Å²) in [6, 6.07) is 5.16. The van der Waals surface area contributed by atoms with E-state index >= 15 is 0 Å². The molecule has 12 heteroatoms. The molecule has 0 amide bonds. The molecule has 0 saturated carbocycles. The summed E-state index contributed by atoms with van der Waals surface area (Å²) in [7, 11) is 2.99. The molecule has 0 aliphatic heterocycles. The number of carbonyl (C=O) groups excluding carboxylic acids is 1. The number of allylic oxidation sites excluding steroid dienone is 1. The van der Waals surface area contributed by atoms with E-state index < -0.39 is 15.6 Å². The number of aromatic nitrogens is 4. The van der Waals surface area contributed by atoms with Crippen molar-refractivity contribution in [1.82, 2.24) is 19.6 Å². The number of methoxy groups -OCH3 is 1. The van der Waals surface area contributed by atoms with Crippen molar-refractivity contribution in [3.8, 4) is 5.75 Å². The number of nitrogens with zero attached hydrogens (tertiary/aromatic N) is 6. The van der Waals surface area contributed by atoms with E-state index in [9.17, 15) is 25.0 Å². The van der Waals surface area contributed by atoms with E-state index in [1.54, 1.807) is 32.0 Å². The minimum Gasteiger partial charge on any atom is -0.496 e. The zero-order valence-electron chi connectivity index (χ0n) is 17.8. The van der Waals surface area contributed by atoms with Crippen LogP contribution in [0.25, 0.3) is 6.08 Å². The third kappa shape index (κ3) is 4.38. The Morgan fingerprint density at radius 2 is 1.91 bits per heavy atom. The van der Waals surface area contributed by atoms with E-state index in [0.717, 1.165) is 0 Å². The van der Waals surface area contributed by atoms with Crippen LogP contribution in [-0.4, -0.2) is 42.3 Å². The largest absolute Gasteiger partial charge is 0.496 e. The number of hydrogen-bond donors (Lipinski definition) is 0. The second kappa shape index (κ2) is 8.79. The van der Waals surface area contributed by atoms with Crippen LogP contribution in [-0.2, 0) is 13.6 Å². The van der Waals surface area contributed by atoms with Gasteiger partial charge in [-0.25, -0.2) is 0 Å². The first kappa shape index (κ1) is 22.3. The van der Waals surface area contributed by atoms with E-state index in [1.807, 2.05) is 0 Å². The summed E-state index contributed by atoms with van der Waals surface area (Å²) in [5.41, 5.74) is 1.37. The summed E-state index contributed by atoms with van der Waals surface area (Å²) in [6.45, 7) is 3.40. The summed E-state index contributed by atoms with van der Waals surface area (Å²) < 4.78 is 8.10. The topological polar surface area (TPSA) is 148 Å². The van der Waals surface area contributed by atoms with Gasteiger partial charge in [-0.1, -0.05) is 12.1 Å². The normalized spacial score (nSPS) is 11.1. The molecule has 32 heavy (non-hydrogen) atoms. The summed E-state index contributed by atoms with van der Waals surface area (Å²) in [5.74, 6) is -0.0621. The lowest BCUT2D eigenvalue weighted by Crippen LogP contribution is -2.06. The Morgan fingerprint density at radius 3 is 2.50 bits per heavy atom. The van der Waals surface area contributed by atoms with Crippen LogP contribution in [0.3, 0.4) is 0 Å². The third-order valence-electron chi connectivity index (χ3n) is 4.82. The molecule has 0 spiro atoms. The summed E-state index contributed by atoms with van der Waals surface area (Å²) in [4.78, 5) is 33.7. The first-order chi connectivity index (χ1) is 15.1. The van der Waals surface area contributed by atoms with Crippen LogP contribution in [0.2, 0.25) is 0 Å². The summed E-state index contributed by atoms with van der Waals surface area (Å²) in [6.07, 6.45) is 3.88. The van der Waals surface area contributed by atoms with E-state index in [2.05, 4.69) is 10.2 Å². The van der Waals surface area contributed by atoms with Crippen LogP contribution < -0.4 is 4.74 Å². The SMILES string of the molecule is COc1ccc(/C=C/C(=O)c2nn(C)cc2[N+](=O)[O-])cc1Cn1nc(C)c([N+](=O)[O-])c1C. The maximum absolute atomic E-state index is 12.4. The van der Waals surface area contributed by atoms with Gasteiger partial charge in [0.15, 0.2) is 0 Å². The zero-order valence-corrected chi connectivity index (χ0v) is 17.8. The maximum atomic E-state index is 12.4. The molecule has 0 aliphatic rings. The molecule has 3 aromatic rings. The van der Waals surface area contributed by atoms with Gasteiger partial charge in [-0.15, -0.1) is 0 Å². The van der Waals surface area contributed by atoms with Crippen molar-refractivity contribution >= 4 is 23.2 Å². The van der Waals surface area contributed by atoms with Gasteiger partial charge in [-0.2, -0.15) is 10.2 Å². The van der Waals surface area contributed by atoms with Crippen LogP contribution in [0, 0.1) is 34.1 Å². The standard InChI is InChI=1S/C20H20N6O6/c1-12-20(26(30)31)13(2)24(21-12)10-15-9-14(6-8-18(15)32-4)5-7-17(27)19-16(25(28)29)11-23(3)22-19/h5-9,11H,10H2,1-4H3/b7-5+. The molecule has 0 unspecified atom stereocenters. The monoisotopic (exact) mass is 440 g/mol. The molecule has 0 bridgehead atoms. The summed E-state index contributed by atoms with van der Waals surface area (Å²) in [5, 5.41) is 30.5. The van der Waals surface area contributed by atoms with Crippen molar-refractivity contribution in [3.05, 3.63) is 78.9 Å². The van der Waals surface area contributed by atoms with Gasteiger partial charge in [-0.3, -0.25) is 34.4 Å². The molecule has 166 valence electrons. The van der Waals surface area contributed by atoms with Crippen LogP contribution >= 0.6 is 0 Å². The number of nitro groups is 2. The van der Waals surface area contributed by atoms with Gasteiger partial charge < -0.3 is 4.74 Å². The highest BCUT2D eigenvalue weighted by atomic mass is 16.6. The minimum atomic E-state index is -0.660. The molecular formula is C20H20N6O6. The molecule has 2 aromatic heterocycles. The Morgan fingerprint density at radius 1 is 1.19 bits per heavy atom. The van der Waals surface area contributed by atoms with Gasteiger partial charge in [0.1, 0.15) is 23.3 Å². The number of rotatable bonds is 8. The Kier molecular flexibility index (Phi) is 6.14. The number of benzene rings is 1. The molecule has 3 rings (SSSR count). The Labute approximate surface area is 182 Å². The molecule has 12 nitrogen and oxygen atoms in total.